The van der Waals surface area contributed by atoms with E-state index >= 15 is 0 Å². The summed E-state index contributed by atoms with van der Waals surface area (Å²) >= 11 is 0. The Hall–Kier alpha value is -2.55. The number of fused-ring (bicyclic) bond motifs is 1. The van der Waals surface area contributed by atoms with Crippen molar-refractivity contribution in [2.24, 2.45) is 5.92 Å². The van der Waals surface area contributed by atoms with E-state index in [0.717, 1.165) is 23.7 Å². The van der Waals surface area contributed by atoms with Crippen LogP contribution in [0.4, 0.5) is 5.82 Å². The molecule has 2 aliphatic rings. The minimum Gasteiger partial charge on any atom is -0.369 e. The molecule has 2 aromatic heterocycles. The lowest BCUT2D eigenvalue weighted by Crippen LogP contribution is -2.12. The molecule has 4 rings (SSSR count). The van der Waals surface area contributed by atoms with Crippen LogP contribution < -0.4 is 5.32 Å². The van der Waals surface area contributed by atoms with Crippen LogP contribution in [0.1, 0.15) is 11.6 Å². The molecule has 0 amide bonds. The molecular weight excluding hydrogens is 258 g/mol. The molecule has 2 aliphatic carbocycles. The first kappa shape index (κ1) is 12.2. The number of anilines is 1. The van der Waals surface area contributed by atoms with Crippen molar-refractivity contribution in [1.29, 1.82) is 0 Å². The van der Waals surface area contributed by atoms with E-state index < -0.39 is 0 Å². The minimum absolute atomic E-state index is 0.266. The Kier molecular flexibility index (Phi) is 2.96. The SMILES string of the molecule is C1=CC(CNc2c(C3C=CC=C3)nc3ccccn23)C=C1. The Balaban J connectivity index is 1.71. The molecule has 0 spiro atoms. The fourth-order valence-electron chi connectivity index (χ4n) is 2.86. The van der Waals surface area contributed by atoms with Crippen LogP contribution in [0.5, 0.6) is 0 Å². The number of nitrogens with one attached hydrogen (secondary N) is 1. The smallest absolute Gasteiger partial charge is 0.138 e. The Bertz CT molecular complexity index is 753. The van der Waals surface area contributed by atoms with Crippen LogP contribution in [0.2, 0.25) is 0 Å². The first-order valence-electron chi connectivity index (χ1n) is 7.33. The lowest BCUT2D eigenvalue weighted by atomic mass is 10.1. The fraction of sp³-hybridized carbons (Fsp3) is 0.167. The van der Waals surface area contributed by atoms with E-state index in [1.165, 1.54) is 0 Å². The van der Waals surface area contributed by atoms with Gasteiger partial charge in [0, 0.05) is 24.6 Å². The number of hydrogen-bond donors (Lipinski definition) is 1. The normalized spacial score (nSPS) is 17.5. The molecule has 0 fully saturated rings. The predicted molar refractivity (Wildman–Crippen MR) is 86.5 cm³/mol. The quantitative estimate of drug-likeness (QED) is 0.922. The maximum Gasteiger partial charge on any atom is 0.138 e. The Morgan fingerprint density at radius 1 is 1.00 bits per heavy atom. The van der Waals surface area contributed by atoms with Gasteiger partial charge in [-0.2, -0.15) is 0 Å². The van der Waals surface area contributed by atoms with Gasteiger partial charge in [-0.1, -0.05) is 54.7 Å². The first-order chi connectivity index (χ1) is 10.4. The molecule has 0 bridgehead atoms. The van der Waals surface area contributed by atoms with Crippen molar-refractivity contribution in [3.63, 3.8) is 0 Å². The number of rotatable bonds is 4. The molecule has 0 unspecified atom stereocenters. The third kappa shape index (κ3) is 2.21. The molecule has 0 aromatic carbocycles. The fourth-order valence-corrected chi connectivity index (χ4v) is 2.86. The van der Waals surface area contributed by atoms with E-state index in [1.807, 2.05) is 18.2 Å². The van der Waals surface area contributed by atoms with Gasteiger partial charge in [-0.3, -0.25) is 4.40 Å². The van der Waals surface area contributed by atoms with Crippen LogP contribution in [0.25, 0.3) is 5.65 Å². The van der Waals surface area contributed by atoms with Gasteiger partial charge in [0.05, 0.1) is 5.69 Å². The maximum absolute atomic E-state index is 4.80. The van der Waals surface area contributed by atoms with Gasteiger partial charge in [-0.05, 0) is 12.1 Å². The van der Waals surface area contributed by atoms with Crippen molar-refractivity contribution < 1.29 is 0 Å². The van der Waals surface area contributed by atoms with Gasteiger partial charge in [0.1, 0.15) is 11.5 Å². The third-order valence-corrected chi connectivity index (χ3v) is 3.95. The van der Waals surface area contributed by atoms with Crippen LogP contribution in [0.3, 0.4) is 0 Å². The second kappa shape index (κ2) is 5.09. The van der Waals surface area contributed by atoms with E-state index in [0.29, 0.717) is 5.92 Å². The average molecular weight is 275 g/mol. The molecule has 21 heavy (non-hydrogen) atoms. The minimum atomic E-state index is 0.266. The van der Waals surface area contributed by atoms with Gasteiger partial charge in [-0.25, -0.2) is 4.98 Å². The summed E-state index contributed by atoms with van der Waals surface area (Å²) in [7, 11) is 0. The van der Waals surface area contributed by atoms with Crippen LogP contribution >= 0.6 is 0 Å². The van der Waals surface area contributed by atoms with Gasteiger partial charge in [0.2, 0.25) is 0 Å². The zero-order valence-electron chi connectivity index (χ0n) is 11.7. The number of pyridine rings is 1. The molecule has 3 heteroatoms. The number of hydrogen-bond acceptors (Lipinski definition) is 2. The third-order valence-electron chi connectivity index (χ3n) is 3.95. The van der Waals surface area contributed by atoms with Crippen molar-refractivity contribution in [1.82, 2.24) is 9.38 Å². The largest absolute Gasteiger partial charge is 0.369 e. The van der Waals surface area contributed by atoms with Crippen molar-refractivity contribution in [2.75, 3.05) is 11.9 Å². The van der Waals surface area contributed by atoms with Crippen LogP contribution in [-0.2, 0) is 0 Å². The maximum atomic E-state index is 4.80. The second-order valence-electron chi connectivity index (χ2n) is 5.38. The van der Waals surface area contributed by atoms with Crippen LogP contribution in [0, 0.1) is 5.92 Å². The summed E-state index contributed by atoms with van der Waals surface area (Å²) in [6, 6.07) is 6.12. The first-order valence-corrected chi connectivity index (χ1v) is 7.33. The molecule has 0 saturated heterocycles. The lowest BCUT2D eigenvalue weighted by Gasteiger charge is -2.12. The topological polar surface area (TPSA) is 29.3 Å². The molecule has 104 valence electrons. The molecule has 2 aromatic rings. The van der Waals surface area contributed by atoms with Crippen molar-refractivity contribution in [3.8, 4) is 0 Å². The number of imidazole rings is 1. The van der Waals surface area contributed by atoms with E-state index in [4.69, 9.17) is 4.98 Å². The van der Waals surface area contributed by atoms with E-state index in [9.17, 15) is 0 Å². The molecule has 1 N–H and O–H groups in total. The molecular formula is C18H17N3. The summed E-state index contributed by atoms with van der Waals surface area (Å²) in [4.78, 5) is 4.80. The summed E-state index contributed by atoms with van der Waals surface area (Å²) in [5.41, 5.74) is 2.08. The summed E-state index contributed by atoms with van der Waals surface area (Å²) < 4.78 is 2.14. The van der Waals surface area contributed by atoms with Gasteiger partial charge in [0.15, 0.2) is 0 Å². The zero-order chi connectivity index (χ0) is 14.1. The van der Waals surface area contributed by atoms with E-state index in [-0.39, 0.29) is 5.92 Å². The molecule has 0 aliphatic heterocycles. The predicted octanol–water partition coefficient (Wildman–Crippen LogP) is 3.70. The summed E-state index contributed by atoms with van der Waals surface area (Å²) in [6.45, 7) is 0.892. The molecule has 3 nitrogen and oxygen atoms in total. The van der Waals surface area contributed by atoms with Gasteiger partial charge in [0.25, 0.3) is 0 Å². The monoisotopic (exact) mass is 275 g/mol. The van der Waals surface area contributed by atoms with Crippen LogP contribution in [-0.4, -0.2) is 15.9 Å². The summed E-state index contributed by atoms with van der Waals surface area (Å²) in [5, 5.41) is 3.59. The van der Waals surface area contributed by atoms with Gasteiger partial charge >= 0.3 is 0 Å². The highest BCUT2D eigenvalue weighted by Gasteiger charge is 2.19. The average Bonchev–Trinajstić information content (AvgIpc) is 3.25. The highest BCUT2D eigenvalue weighted by molar-refractivity contribution is 5.58. The second-order valence-corrected chi connectivity index (χ2v) is 5.38. The van der Waals surface area contributed by atoms with Crippen molar-refractivity contribution >= 4 is 11.5 Å². The highest BCUT2D eigenvalue weighted by atomic mass is 15.1. The molecule has 2 heterocycles. The molecule has 0 saturated carbocycles. The Morgan fingerprint density at radius 3 is 2.57 bits per heavy atom. The summed E-state index contributed by atoms with van der Waals surface area (Å²) in [6.07, 6.45) is 19.2. The lowest BCUT2D eigenvalue weighted by molar-refractivity contribution is 0.858. The molecule has 0 atom stereocenters. The number of allylic oxidation sites excluding steroid dienone is 6. The molecule has 0 radical (unpaired) electrons. The van der Waals surface area contributed by atoms with Gasteiger partial charge in [-0.15, -0.1) is 0 Å². The number of aromatic nitrogens is 2. The summed E-state index contributed by atoms with van der Waals surface area (Å²) in [5.74, 6) is 1.82. The Labute approximate surface area is 124 Å². The van der Waals surface area contributed by atoms with Gasteiger partial charge < -0.3 is 5.32 Å². The van der Waals surface area contributed by atoms with Crippen molar-refractivity contribution in [2.45, 2.75) is 5.92 Å². The Morgan fingerprint density at radius 2 is 1.76 bits per heavy atom. The van der Waals surface area contributed by atoms with Crippen LogP contribution in [0.15, 0.2) is 73.0 Å². The standard InChI is InChI=1S/C18H17N3/c1-2-8-14(7-1)13-19-18-17(15-9-3-4-10-15)20-16-11-5-6-12-21(16)18/h1-12,14-15,19H,13H2. The van der Waals surface area contributed by atoms with E-state index in [1.54, 1.807) is 0 Å². The number of nitrogens with zero attached hydrogens (tertiary/aromatic N) is 2. The highest BCUT2D eigenvalue weighted by Crippen LogP contribution is 2.30. The zero-order valence-corrected chi connectivity index (χ0v) is 11.7. The van der Waals surface area contributed by atoms with E-state index in [2.05, 4.69) is 64.5 Å². The van der Waals surface area contributed by atoms with Crippen molar-refractivity contribution in [3.05, 3.63) is 78.7 Å².